The zero-order chi connectivity index (χ0) is 22.7. The van der Waals surface area contributed by atoms with Crippen molar-refractivity contribution in [3.05, 3.63) is 58.1 Å². The quantitative estimate of drug-likeness (QED) is 0.387. The van der Waals surface area contributed by atoms with Crippen LogP contribution in [0.1, 0.15) is 31.4 Å². The molecule has 2 aromatic rings. The molecule has 31 heavy (non-hydrogen) atoms. The molecular weight excluding hydrogens is 436 g/mol. The first kappa shape index (κ1) is 22.8. The van der Waals surface area contributed by atoms with Crippen molar-refractivity contribution in [3.8, 4) is 11.5 Å². The molecule has 1 N–H and O–H groups in total. The van der Waals surface area contributed by atoms with E-state index in [1.54, 1.807) is 36.4 Å². The number of ether oxygens (including phenoxy) is 2. The summed E-state index contributed by atoms with van der Waals surface area (Å²) in [5.74, 6) is 0.00228. The molecule has 0 unspecified atom stereocenters. The molecule has 0 aromatic heterocycles. The maximum atomic E-state index is 13.2. The van der Waals surface area contributed by atoms with Crippen molar-refractivity contribution >= 4 is 52.5 Å². The Balaban J connectivity index is 1.97. The lowest BCUT2D eigenvalue weighted by Crippen LogP contribution is -2.54. The molecule has 1 heterocycles. The number of hydrogen-bond donors (Lipinski definition) is 1. The zero-order valence-corrected chi connectivity index (χ0v) is 19.3. The number of hydrogen-bond acceptors (Lipinski definition) is 5. The first-order chi connectivity index (χ1) is 14.7. The number of methoxy groups -OCH3 is 1. The highest BCUT2D eigenvalue weighted by molar-refractivity contribution is 7.80. The minimum atomic E-state index is -0.566. The molecule has 0 saturated carbocycles. The Morgan fingerprint density at radius 1 is 1.19 bits per heavy atom. The molecule has 1 aliphatic heterocycles. The van der Waals surface area contributed by atoms with Gasteiger partial charge in [0.05, 0.1) is 18.9 Å². The highest BCUT2D eigenvalue weighted by Crippen LogP contribution is 2.31. The van der Waals surface area contributed by atoms with Crippen LogP contribution in [0.2, 0.25) is 5.02 Å². The van der Waals surface area contributed by atoms with E-state index in [9.17, 15) is 9.59 Å². The zero-order valence-electron chi connectivity index (χ0n) is 17.7. The lowest BCUT2D eigenvalue weighted by atomic mass is 10.1. The monoisotopic (exact) mass is 458 g/mol. The maximum absolute atomic E-state index is 13.2. The van der Waals surface area contributed by atoms with Crippen LogP contribution in [-0.4, -0.2) is 30.1 Å². The molecule has 0 spiro atoms. The van der Waals surface area contributed by atoms with Crippen LogP contribution >= 0.6 is 23.8 Å². The van der Waals surface area contributed by atoms with Gasteiger partial charge in [-0.3, -0.25) is 19.8 Å². The molecule has 3 rings (SSSR count). The number of carbonyl (C=O) groups excluding carboxylic acids is 2. The lowest BCUT2D eigenvalue weighted by Gasteiger charge is -2.29. The normalized spacial score (nSPS) is 16.4. The van der Waals surface area contributed by atoms with Crippen LogP contribution in [-0.2, 0) is 9.59 Å². The van der Waals surface area contributed by atoms with Crippen molar-refractivity contribution in [1.29, 1.82) is 0 Å². The van der Waals surface area contributed by atoms with Crippen molar-refractivity contribution in [2.24, 2.45) is 0 Å². The molecule has 8 heteroatoms. The summed E-state index contributed by atoms with van der Waals surface area (Å²) in [5.41, 5.74) is 1.91. The summed E-state index contributed by atoms with van der Waals surface area (Å²) in [4.78, 5) is 26.9. The third kappa shape index (κ3) is 4.89. The van der Waals surface area contributed by atoms with Crippen LogP contribution in [0, 0.1) is 6.92 Å². The number of amides is 2. The maximum Gasteiger partial charge on any atom is 0.270 e. The van der Waals surface area contributed by atoms with Gasteiger partial charge >= 0.3 is 0 Å². The summed E-state index contributed by atoms with van der Waals surface area (Å²) in [6.07, 6.45) is 2.37. The fourth-order valence-corrected chi connectivity index (χ4v) is 3.41. The molecule has 6 nitrogen and oxygen atoms in total. The predicted octanol–water partition coefficient (Wildman–Crippen LogP) is 4.67. The molecule has 2 aromatic carbocycles. The van der Waals surface area contributed by atoms with Gasteiger partial charge in [0, 0.05) is 5.02 Å². The molecule has 0 aliphatic carbocycles. The fourth-order valence-electron chi connectivity index (χ4n) is 2.95. The first-order valence-corrected chi connectivity index (χ1v) is 10.6. The van der Waals surface area contributed by atoms with Crippen molar-refractivity contribution in [3.63, 3.8) is 0 Å². The standard InChI is InChI=1S/C23H23ClN2O4S/c1-5-14(3)30-19-9-7-15(11-20(19)29-4)10-17-21(27)25-23(31)26(22(17)28)16-8-6-13(2)18(24)12-16/h6-12,14H,5H2,1-4H3,(H,25,27,31)/b17-10+/t14-/m1/s1. The van der Waals surface area contributed by atoms with E-state index in [2.05, 4.69) is 5.32 Å². The van der Waals surface area contributed by atoms with Gasteiger partial charge in [-0.15, -0.1) is 0 Å². The highest BCUT2D eigenvalue weighted by Gasteiger charge is 2.34. The molecule has 1 fully saturated rings. The van der Waals surface area contributed by atoms with Crippen molar-refractivity contribution < 1.29 is 19.1 Å². The molecular formula is C23H23ClN2O4S. The molecule has 0 radical (unpaired) electrons. The number of anilines is 1. The van der Waals surface area contributed by atoms with Gasteiger partial charge in [0.1, 0.15) is 5.57 Å². The molecule has 1 saturated heterocycles. The van der Waals surface area contributed by atoms with Gasteiger partial charge in [-0.05, 0) is 74.0 Å². The lowest BCUT2D eigenvalue weighted by molar-refractivity contribution is -0.122. The number of benzene rings is 2. The van der Waals surface area contributed by atoms with E-state index in [0.717, 1.165) is 12.0 Å². The summed E-state index contributed by atoms with van der Waals surface area (Å²) in [7, 11) is 1.54. The Morgan fingerprint density at radius 2 is 1.94 bits per heavy atom. The third-order valence-corrected chi connectivity index (χ3v) is 5.61. The van der Waals surface area contributed by atoms with Crippen molar-refractivity contribution in [2.75, 3.05) is 12.0 Å². The van der Waals surface area contributed by atoms with E-state index in [1.807, 2.05) is 20.8 Å². The van der Waals surface area contributed by atoms with E-state index in [0.29, 0.717) is 27.8 Å². The van der Waals surface area contributed by atoms with Crippen LogP contribution in [0.25, 0.3) is 6.08 Å². The number of rotatable bonds is 6. The third-order valence-electron chi connectivity index (χ3n) is 4.92. The number of aryl methyl sites for hydroxylation is 1. The van der Waals surface area contributed by atoms with Gasteiger partial charge in [-0.1, -0.05) is 30.7 Å². The second-order valence-corrected chi connectivity index (χ2v) is 7.93. The summed E-state index contributed by atoms with van der Waals surface area (Å²) in [6.45, 7) is 5.85. The van der Waals surface area contributed by atoms with Gasteiger partial charge in [0.15, 0.2) is 16.6 Å². The Morgan fingerprint density at radius 3 is 2.58 bits per heavy atom. The minimum absolute atomic E-state index is 0.00181. The minimum Gasteiger partial charge on any atom is -0.493 e. The van der Waals surface area contributed by atoms with Gasteiger partial charge in [0.2, 0.25) is 0 Å². The number of nitrogens with zero attached hydrogens (tertiary/aromatic N) is 1. The van der Waals surface area contributed by atoms with E-state index >= 15 is 0 Å². The fraction of sp³-hybridized carbons (Fsp3) is 0.261. The largest absolute Gasteiger partial charge is 0.493 e. The van der Waals surface area contributed by atoms with Crippen LogP contribution in [0.5, 0.6) is 11.5 Å². The SMILES string of the molecule is CC[C@@H](C)Oc1ccc(/C=C2\C(=O)NC(=S)N(c3ccc(C)c(Cl)c3)C2=O)cc1OC. The van der Waals surface area contributed by atoms with E-state index in [1.165, 1.54) is 18.1 Å². The molecule has 1 aliphatic rings. The van der Waals surface area contributed by atoms with Gasteiger partial charge in [-0.2, -0.15) is 0 Å². The molecule has 1 atom stereocenters. The summed E-state index contributed by atoms with van der Waals surface area (Å²) in [5, 5.41) is 3.07. The Kier molecular flexibility index (Phi) is 6.97. The Labute approximate surface area is 191 Å². The van der Waals surface area contributed by atoms with E-state index in [-0.39, 0.29) is 16.8 Å². The first-order valence-electron chi connectivity index (χ1n) is 9.77. The second kappa shape index (κ2) is 9.49. The van der Waals surface area contributed by atoms with Crippen LogP contribution in [0.3, 0.4) is 0 Å². The van der Waals surface area contributed by atoms with Crippen LogP contribution < -0.4 is 19.7 Å². The topological polar surface area (TPSA) is 67.9 Å². The van der Waals surface area contributed by atoms with Gasteiger partial charge in [0.25, 0.3) is 11.8 Å². The van der Waals surface area contributed by atoms with Crippen LogP contribution in [0.4, 0.5) is 5.69 Å². The molecule has 162 valence electrons. The highest BCUT2D eigenvalue weighted by atomic mass is 35.5. The predicted molar refractivity (Wildman–Crippen MR) is 126 cm³/mol. The number of thiocarbonyl (C=S) groups is 1. The van der Waals surface area contributed by atoms with Crippen molar-refractivity contribution in [2.45, 2.75) is 33.3 Å². The Bertz CT molecular complexity index is 1080. The number of carbonyl (C=O) groups is 2. The van der Waals surface area contributed by atoms with Gasteiger partial charge in [-0.25, -0.2) is 0 Å². The molecule has 0 bridgehead atoms. The summed E-state index contributed by atoms with van der Waals surface area (Å²) < 4.78 is 11.3. The average Bonchev–Trinajstić information content (AvgIpc) is 2.74. The van der Waals surface area contributed by atoms with Crippen LogP contribution in [0.15, 0.2) is 42.0 Å². The summed E-state index contributed by atoms with van der Waals surface area (Å²) in [6, 6.07) is 10.4. The van der Waals surface area contributed by atoms with Gasteiger partial charge < -0.3 is 9.47 Å². The van der Waals surface area contributed by atoms with Crippen molar-refractivity contribution in [1.82, 2.24) is 5.32 Å². The second-order valence-electron chi connectivity index (χ2n) is 7.14. The Hall–Kier alpha value is -2.90. The van der Waals surface area contributed by atoms with E-state index in [4.69, 9.17) is 33.3 Å². The summed E-state index contributed by atoms with van der Waals surface area (Å²) >= 11 is 11.4. The number of nitrogens with one attached hydrogen (secondary N) is 1. The van der Waals surface area contributed by atoms with E-state index < -0.39 is 11.8 Å². The molecule has 2 amide bonds. The number of halogens is 1. The smallest absolute Gasteiger partial charge is 0.270 e. The average molecular weight is 459 g/mol.